The Balaban J connectivity index is 3.39. The Kier molecular flexibility index (Phi) is 2.89. The van der Waals surface area contributed by atoms with Gasteiger partial charge in [-0.2, -0.15) is 0 Å². The van der Waals surface area contributed by atoms with Crippen molar-refractivity contribution in [1.29, 1.82) is 0 Å². The molecule has 0 aliphatic rings. The van der Waals surface area contributed by atoms with Crippen LogP contribution >= 0.6 is 0 Å². The molecule has 0 amide bonds. The Morgan fingerprint density at radius 2 is 1.71 bits per heavy atom. The second-order valence-electron chi connectivity index (χ2n) is 3.91. The maximum Gasteiger partial charge on any atom is 0.273 e. The first kappa shape index (κ1) is 10.7. The summed E-state index contributed by atoms with van der Waals surface area (Å²) in [6, 6.07) is 3.57. The van der Waals surface area contributed by atoms with Crippen LogP contribution in [0.4, 0.5) is 5.69 Å². The van der Waals surface area contributed by atoms with Crippen LogP contribution in [0.1, 0.15) is 36.5 Å². The summed E-state index contributed by atoms with van der Waals surface area (Å²) >= 11 is 0. The van der Waals surface area contributed by atoms with Gasteiger partial charge in [0.1, 0.15) is 0 Å². The molecule has 0 aliphatic carbocycles. The lowest BCUT2D eigenvalue weighted by atomic mass is 9.96. The summed E-state index contributed by atoms with van der Waals surface area (Å²) in [6.45, 7) is 7.81. The maximum atomic E-state index is 10.8. The number of hydrogen-bond donors (Lipinski definition) is 0. The van der Waals surface area contributed by atoms with Crippen LogP contribution in [-0.2, 0) is 0 Å². The zero-order chi connectivity index (χ0) is 10.9. The monoisotopic (exact) mass is 193 g/mol. The Hall–Kier alpha value is -1.38. The molecule has 1 aromatic rings. The molecule has 0 spiro atoms. The van der Waals surface area contributed by atoms with Crippen LogP contribution in [0.2, 0.25) is 0 Å². The number of nitro groups is 1. The predicted molar refractivity (Wildman–Crippen MR) is 56.7 cm³/mol. The summed E-state index contributed by atoms with van der Waals surface area (Å²) in [5.41, 5.74) is 3.14. The molecule has 0 aliphatic heterocycles. The van der Waals surface area contributed by atoms with E-state index in [-0.39, 0.29) is 16.5 Å². The quantitative estimate of drug-likeness (QED) is 0.534. The third kappa shape index (κ3) is 1.92. The lowest BCUT2D eigenvalue weighted by molar-refractivity contribution is -0.385. The number of benzene rings is 1. The SMILES string of the molecule is Cc1cc(C(C)C)c([N+](=O)[O-])cc1C. The molecule has 3 nitrogen and oxygen atoms in total. The van der Waals surface area contributed by atoms with Gasteiger partial charge in [0.05, 0.1) is 4.92 Å². The van der Waals surface area contributed by atoms with Gasteiger partial charge in [-0.3, -0.25) is 10.1 Å². The van der Waals surface area contributed by atoms with Gasteiger partial charge in [0.15, 0.2) is 0 Å². The summed E-state index contributed by atoms with van der Waals surface area (Å²) in [5.74, 6) is 0.190. The summed E-state index contributed by atoms with van der Waals surface area (Å²) < 4.78 is 0. The highest BCUT2D eigenvalue weighted by Crippen LogP contribution is 2.28. The van der Waals surface area contributed by atoms with Crippen LogP contribution < -0.4 is 0 Å². The minimum absolute atomic E-state index is 0.190. The Bertz CT molecular complexity index is 370. The van der Waals surface area contributed by atoms with Crippen molar-refractivity contribution < 1.29 is 4.92 Å². The highest BCUT2D eigenvalue weighted by atomic mass is 16.6. The number of nitro benzene ring substituents is 1. The van der Waals surface area contributed by atoms with Gasteiger partial charge in [0.25, 0.3) is 5.69 Å². The number of aryl methyl sites for hydroxylation is 2. The smallest absolute Gasteiger partial charge is 0.258 e. The molecule has 0 unspecified atom stereocenters. The van der Waals surface area contributed by atoms with E-state index >= 15 is 0 Å². The summed E-state index contributed by atoms with van der Waals surface area (Å²) in [4.78, 5) is 10.5. The van der Waals surface area contributed by atoms with Gasteiger partial charge >= 0.3 is 0 Å². The highest BCUT2D eigenvalue weighted by molar-refractivity contribution is 5.48. The maximum absolute atomic E-state index is 10.8. The molecule has 0 saturated heterocycles. The van der Waals surface area contributed by atoms with Crippen molar-refractivity contribution in [3.05, 3.63) is 38.9 Å². The normalized spacial score (nSPS) is 10.6. The molecule has 1 aromatic carbocycles. The minimum Gasteiger partial charge on any atom is -0.258 e. The average Bonchev–Trinajstić information content (AvgIpc) is 2.08. The standard InChI is InChI=1S/C11H15NO2/c1-7(2)10-5-8(3)9(4)6-11(10)12(13)14/h5-7H,1-4H3. The molecule has 3 heteroatoms. The second kappa shape index (κ2) is 3.78. The van der Waals surface area contributed by atoms with Crippen molar-refractivity contribution in [3.63, 3.8) is 0 Å². The van der Waals surface area contributed by atoms with Crippen LogP contribution in [0.25, 0.3) is 0 Å². The molecule has 1 rings (SSSR count). The van der Waals surface area contributed by atoms with Crippen LogP contribution in [0, 0.1) is 24.0 Å². The van der Waals surface area contributed by atoms with E-state index in [1.807, 2.05) is 33.8 Å². The predicted octanol–water partition coefficient (Wildman–Crippen LogP) is 3.34. The van der Waals surface area contributed by atoms with Crippen LogP contribution in [-0.4, -0.2) is 4.92 Å². The molecule has 14 heavy (non-hydrogen) atoms. The van der Waals surface area contributed by atoms with Gasteiger partial charge in [0.2, 0.25) is 0 Å². The average molecular weight is 193 g/mol. The van der Waals surface area contributed by atoms with E-state index in [2.05, 4.69) is 0 Å². The van der Waals surface area contributed by atoms with Crippen molar-refractivity contribution in [2.45, 2.75) is 33.6 Å². The topological polar surface area (TPSA) is 43.1 Å². The van der Waals surface area contributed by atoms with E-state index in [1.165, 1.54) is 0 Å². The van der Waals surface area contributed by atoms with Crippen LogP contribution in [0.15, 0.2) is 12.1 Å². The summed E-state index contributed by atoms with van der Waals surface area (Å²) in [5, 5.41) is 10.8. The lowest BCUT2D eigenvalue weighted by Crippen LogP contribution is -1.99. The molecule has 0 atom stereocenters. The minimum atomic E-state index is -0.304. The van der Waals surface area contributed by atoms with Crippen molar-refractivity contribution >= 4 is 5.69 Å². The Morgan fingerprint density at radius 1 is 1.21 bits per heavy atom. The summed E-state index contributed by atoms with van der Waals surface area (Å²) in [6.07, 6.45) is 0. The number of nitrogens with zero attached hydrogens (tertiary/aromatic N) is 1. The van der Waals surface area contributed by atoms with E-state index < -0.39 is 0 Å². The molecular formula is C11H15NO2. The van der Waals surface area contributed by atoms with E-state index in [4.69, 9.17) is 0 Å². The van der Waals surface area contributed by atoms with Gasteiger partial charge in [-0.25, -0.2) is 0 Å². The molecule has 0 radical (unpaired) electrons. The van der Waals surface area contributed by atoms with Crippen LogP contribution in [0.5, 0.6) is 0 Å². The first-order chi connectivity index (χ1) is 6.43. The van der Waals surface area contributed by atoms with Gasteiger partial charge in [-0.05, 0) is 37.0 Å². The van der Waals surface area contributed by atoms with E-state index in [9.17, 15) is 10.1 Å². The highest BCUT2D eigenvalue weighted by Gasteiger charge is 2.17. The third-order valence-corrected chi connectivity index (χ3v) is 2.46. The molecule has 76 valence electrons. The molecule has 0 saturated carbocycles. The summed E-state index contributed by atoms with van der Waals surface area (Å²) in [7, 11) is 0. The van der Waals surface area contributed by atoms with Crippen molar-refractivity contribution in [2.75, 3.05) is 0 Å². The molecule has 0 aromatic heterocycles. The molecule has 0 bridgehead atoms. The van der Waals surface area contributed by atoms with Crippen molar-refractivity contribution in [1.82, 2.24) is 0 Å². The van der Waals surface area contributed by atoms with E-state index in [0.29, 0.717) is 0 Å². The fourth-order valence-electron chi connectivity index (χ4n) is 1.44. The number of hydrogen-bond acceptors (Lipinski definition) is 2. The first-order valence-electron chi connectivity index (χ1n) is 4.69. The van der Waals surface area contributed by atoms with E-state index in [1.54, 1.807) is 6.07 Å². The third-order valence-electron chi connectivity index (χ3n) is 2.46. The Morgan fingerprint density at radius 3 is 2.14 bits per heavy atom. The zero-order valence-corrected chi connectivity index (χ0v) is 9.00. The van der Waals surface area contributed by atoms with Gasteiger partial charge in [-0.15, -0.1) is 0 Å². The van der Waals surface area contributed by atoms with Crippen molar-refractivity contribution in [3.8, 4) is 0 Å². The number of rotatable bonds is 2. The fourth-order valence-corrected chi connectivity index (χ4v) is 1.44. The lowest BCUT2D eigenvalue weighted by Gasteiger charge is -2.09. The van der Waals surface area contributed by atoms with Crippen LogP contribution in [0.3, 0.4) is 0 Å². The zero-order valence-electron chi connectivity index (χ0n) is 9.00. The second-order valence-corrected chi connectivity index (χ2v) is 3.91. The fraction of sp³-hybridized carbons (Fsp3) is 0.455. The Labute approximate surface area is 83.9 Å². The molecule has 0 heterocycles. The first-order valence-corrected chi connectivity index (χ1v) is 4.69. The molecule has 0 fully saturated rings. The molecular weight excluding hydrogens is 178 g/mol. The van der Waals surface area contributed by atoms with Crippen molar-refractivity contribution in [2.24, 2.45) is 0 Å². The largest absolute Gasteiger partial charge is 0.273 e. The van der Waals surface area contributed by atoms with E-state index in [0.717, 1.165) is 16.7 Å². The van der Waals surface area contributed by atoms with Gasteiger partial charge < -0.3 is 0 Å². The van der Waals surface area contributed by atoms with Gasteiger partial charge in [0, 0.05) is 11.6 Å². The van der Waals surface area contributed by atoms with Gasteiger partial charge in [-0.1, -0.05) is 13.8 Å². The molecule has 0 N–H and O–H groups in total.